The number of hydrogen-bond donors (Lipinski definition) is 2. The second-order valence-electron chi connectivity index (χ2n) is 4.96. The highest BCUT2D eigenvalue weighted by molar-refractivity contribution is 9.11. The van der Waals surface area contributed by atoms with Crippen molar-refractivity contribution < 1.29 is 0 Å². The summed E-state index contributed by atoms with van der Waals surface area (Å²) in [6.45, 7) is 1.91. The summed E-state index contributed by atoms with van der Waals surface area (Å²) in [6.07, 6.45) is 2.40. The zero-order chi connectivity index (χ0) is 13.9. The molecule has 20 heavy (non-hydrogen) atoms. The second kappa shape index (κ2) is 6.19. The quantitative estimate of drug-likeness (QED) is 0.747. The fraction of sp³-hybridized carbons (Fsp3) is 0.250. The zero-order valence-corrected chi connectivity index (χ0v) is 14.2. The van der Waals surface area contributed by atoms with E-state index in [0.29, 0.717) is 0 Å². The van der Waals surface area contributed by atoms with E-state index in [1.165, 1.54) is 29.7 Å². The van der Waals surface area contributed by atoms with Crippen molar-refractivity contribution in [3.05, 3.63) is 56.5 Å². The standard InChI is InChI=1S/C16H16Br2N2/c17-13-6-7-15(14(18)9-13)20-10-12-4-1-3-11-5-2-8-19-16(11)12/h1,3-4,6-7,9,19-20H,2,5,8,10H2. The van der Waals surface area contributed by atoms with Crippen molar-refractivity contribution in [1.29, 1.82) is 0 Å². The average Bonchev–Trinajstić information content (AvgIpc) is 2.46. The number of anilines is 2. The minimum absolute atomic E-state index is 0.830. The van der Waals surface area contributed by atoms with Crippen LogP contribution in [-0.2, 0) is 13.0 Å². The first-order chi connectivity index (χ1) is 9.74. The molecular formula is C16H16Br2N2. The lowest BCUT2D eigenvalue weighted by Crippen LogP contribution is -2.15. The predicted molar refractivity (Wildman–Crippen MR) is 92.4 cm³/mol. The average molecular weight is 396 g/mol. The maximum Gasteiger partial charge on any atom is 0.0488 e. The zero-order valence-electron chi connectivity index (χ0n) is 11.0. The maximum atomic E-state index is 3.59. The first-order valence-electron chi connectivity index (χ1n) is 6.77. The van der Waals surface area contributed by atoms with Crippen LogP contribution in [0.4, 0.5) is 11.4 Å². The van der Waals surface area contributed by atoms with Crippen LogP contribution in [0.5, 0.6) is 0 Å². The molecule has 0 saturated heterocycles. The molecule has 1 heterocycles. The van der Waals surface area contributed by atoms with Gasteiger partial charge < -0.3 is 10.6 Å². The Hall–Kier alpha value is -1.00. The first-order valence-corrected chi connectivity index (χ1v) is 8.36. The number of hydrogen-bond acceptors (Lipinski definition) is 2. The summed E-state index contributed by atoms with van der Waals surface area (Å²) in [7, 11) is 0. The van der Waals surface area contributed by atoms with Crippen LogP contribution in [0.2, 0.25) is 0 Å². The van der Waals surface area contributed by atoms with Crippen molar-refractivity contribution >= 4 is 43.2 Å². The molecule has 4 heteroatoms. The van der Waals surface area contributed by atoms with Crippen LogP contribution in [0.25, 0.3) is 0 Å². The van der Waals surface area contributed by atoms with Crippen molar-refractivity contribution in [3.63, 3.8) is 0 Å². The number of nitrogens with one attached hydrogen (secondary N) is 2. The van der Waals surface area contributed by atoms with Gasteiger partial charge in [0.1, 0.15) is 0 Å². The number of fused-ring (bicyclic) bond motifs is 1. The molecule has 0 fully saturated rings. The Bertz CT molecular complexity index is 626. The summed E-state index contributed by atoms with van der Waals surface area (Å²) in [5.41, 5.74) is 5.20. The van der Waals surface area contributed by atoms with Crippen molar-refractivity contribution in [2.45, 2.75) is 19.4 Å². The van der Waals surface area contributed by atoms with Gasteiger partial charge in [-0.25, -0.2) is 0 Å². The van der Waals surface area contributed by atoms with E-state index in [0.717, 1.165) is 27.7 Å². The van der Waals surface area contributed by atoms with E-state index < -0.39 is 0 Å². The molecule has 0 atom stereocenters. The van der Waals surface area contributed by atoms with Gasteiger partial charge in [0, 0.05) is 33.4 Å². The van der Waals surface area contributed by atoms with Crippen LogP contribution in [-0.4, -0.2) is 6.54 Å². The molecule has 0 aromatic heterocycles. The monoisotopic (exact) mass is 394 g/mol. The Kier molecular flexibility index (Phi) is 4.32. The van der Waals surface area contributed by atoms with E-state index in [9.17, 15) is 0 Å². The third-order valence-electron chi connectivity index (χ3n) is 3.56. The van der Waals surface area contributed by atoms with Crippen molar-refractivity contribution in [2.24, 2.45) is 0 Å². The van der Waals surface area contributed by atoms with E-state index >= 15 is 0 Å². The Morgan fingerprint density at radius 1 is 1.15 bits per heavy atom. The molecule has 0 amide bonds. The summed E-state index contributed by atoms with van der Waals surface area (Å²) >= 11 is 7.06. The molecule has 1 aliphatic rings. The summed E-state index contributed by atoms with van der Waals surface area (Å²) in [6, 6.07) is 12.8. The lowest BCUT2D eigenvalue weighted by atomic mass is 9.99. The molecule has 2 aromatic rings. The van der Waals surface area contributed by atoms with Crippen molar-refractivity contribution in [3.8, 4) is 0 Å². The second-order valence-corrected chi connectivity index (χ2v) is 6.73. The van der Waals surface area contributed by atoms with Gasteiger partial charge in [0.05, 0.1) is 0 Å². The third kappa shape index (κ3) is 3.01. The van der Waals surface area contributed by atoms with E-state index in [4.69, 9.17) is 0 Å². The summed E-state index contributed by atoms with van der Waals surface area (Å²) in [4.78, 5) is 0. The van der Waals surface area contributed by atoms with E-state index in [1.807, 2.05) is 6.07 Å². The van der Waals surface area contributed by atoms with Gasteiger partial charge in [0.2, 0.25) is 0 Å². The Labute approximate surface area is 136 Å². The van der Waals surface area contributed by atoms with Crippen LogP contribution in [0.1, 0.15) is 17.5 Å². The molecule has 0 spiro atoms. The van der Waals surface area contributed by atoms with E-state index in [-0.39, 0.29) is 0 Å². The minimum atomic E-state index is 0.830. The predicted octanol–water partition coefficient (Wildman–Crippen LogP) is 5.18. The molecule has 0 unspecified atom stereocenters. The summed E-state index contributed by atoms with van der Waals surface area (Å²) < 4.78 is 2.15. The Balaban J connectivity index is 1.78. The molecule has 104 valence electrons. The highest BCUT2D eigenvalue weighted by Crippen LogP contribution is 2.29. The summed E-state index contributed by atoms with van der Waals surface area (Å²) in [5, 5.41) is 7.03. The molecule has 1 aliphatic heterocycles. The van der Waals surface area contributed by atoms with Crippen LogP contribution in [0.3, 0.4) is 0 Å². The normalized spacial score (nSPS) is 13.5. The van der Waals surface area contributed by atoms with Gasteiger partial charge in [-0.15, -0.1) is 0 Å². The first kappa shape index (κ1) is 14.0. The largest absolute Gasteiger partial charge is 0.385 e. The molecule has 0 aliphatic carbocycles. The van der Waals surface area contributed by atoms with Gasteiger partial charge in [-0.05, 0) is 58.1 Å². The van der Waals surface area contributed by atoms with Gasteiger partial charge in [0.15, 0.2) is 0 Å². The molecule has 3 rings (SSSR count). The van der Waals surface area contributed by atoms with E-state index in [1.54, 1.807) is 0 Å². The number of halogens is 2. The van der Waals surface area contributed by atoms with Gasteiger partial charge in [-0.2, -0.15) is 0 Å². The molecule has 0 radical (unpaired) electrons. The highest BCUT2D eigenvalue weighted by Gasteiger charge is 2.12. The topological polar surface area (TPSA) is 24.1 Å². The van der Waals surface area contributed by atoms with Crippen LogP contribution in [0, 0.1) is 0 Å². The number of rotatable bonds is 3. The van der Waals surface area contributed by atoms with Crippen LogP contribution >= 0.6 is 31.9 Å². The van der Waals surface area contributed by atoms with Crippen LogP contribution < -0.4 is 10.6 Å². The van der Waals surface area contributed by atoms with Crippen LogP contribution in [0.15, 0.2) is 45.3 Å². The van der Waals surface area contributed by atoms with Crippen molar-refractivity contribution in [1.82, 2.24) is 0 Å². The smallest absolute Gasteiger partial charge is 0.0488 e. The Morgan fingerprint density at radius 2 is 2.05 bits per heavy atom. The molecule has 0 bridgehead atoms. The number of para-hydroxylation sites is 1. The van der Waals surface area contributed by atoms with Gasteiger partial charge >= 0.3 is 0 Å². The summed E-state index contributed by atoms with van der Waals surface area (Å²) in [5.74, 6) is 0. The fourth-order valence-electron chi connectivity index (χ4n) is 2.55. The highest BCUT2D eigenvalue weighted by atomic mass is 79.9. The molecular weight excluding hydrogens is 380 g/mol. The lowest BCUT2D eigenvalue weighted by Gasteiger charge is -2.21. The molecule has 0 saturated carbocycles. The van der Waals surface area contributed by atoms with Gasteiger partial charge in [0.25, 0.3) is 0 Å². The Morgan fingerprint density at radius 3 is 2.90 bits per heavy atom. The molecule has 2 aromatic carbocycles. The molecule has 2 N–H and O–H groups in total. The number of benzene rings is 2. The number of aryl methyl sites for hydroxylation is 1. The van der Waals surface area contributed by atoms with E-state index in [2.05, 4.69) is 72.8 Å². The fourth-order valence-corrected chi connectivity index (χ4v) is 3.74. The minimum Gasteiger partial charge on any atom is -0.385 e. The lowest BCUT2D eigenvalue weighted by molar-refractivity contribution is 0.825. The van der Waals surface area contributed by atoms with Gasteiger partial charge in [-0.1, -0.05) is 34.1 Å². The maximum absolute atomic E-state index is 3.59. The third-order valence-corrected chi connectivity index (χ3v) is 4.71. The molecule has 2 nitrogen and oxygen atoms in total. The SMILES string of the molecule is Brc1ccc(NCc2cccc3c2NCCC3)c(Br)c1. The van der Waals surface area contributed by atoms with Crippen molar-refractivity contribution in [2.75, 3.05) is 17.2 Å². The van der Waals surface area contributed by atoms with Gasteiger partial charge in [-0.3, -0.25) is 0 Å².